The Bertz CT molecular complexity index is 477. The molecule has 1 aromatic carbocycles. The van der Waals surface area contributed by atoms with Crippen molar-refractivity contribution in [2.24, 2.45) is 10.7 Å². The monoisotopic (exact) mass is 390 g/mol. The lowest BCUT2D eigenvalue weighted by atomic mass is 10.3. The lowest BCUT2D eigenvalue weighted by molar-refractivity contribution is -0.119. The first kappa shape index (κ1) is 18.2. The van der Waals surface area contributed by atoms with E-state index in [9.17, 15) is 4.79 Å². The Hall–Kier alpha value is -1.77. The van der Waals surface area contributed by atoms with Crippen molar-refractivity contribution in [3.8, 4) is 5.75 Å². The predicted octanol–water partition coefficient (Wildman–Crippen LogP) is 1.34. The van der Waals surface area contributed by atoms with E-state index in [1.165, 1.54) is 0 Å². The summed E-state index contributed by atoms with van der Waals surface area (Å²) in [6, 6.07) is 7.29. The molecule has 0 bridgehead atoms. The van der Waals surface area contributed by atoms with Crippen LogP contribution in [0.5, 0.6) is 5.75 Å². The van der Waals surface area contributed by atoms with E-state index in [1.807, 2.05) is 12.1 Å². The standard InChI is InChI=1S/C13H18N4O2.HI/c1-3-8-15-12(18)9-16-13(14)17-10-6-4-5-7-11(10)19-2;/h3-7H,1,8-9H2,2H3,(H,15,18)(H3,14,16,17);1H. The van der Waals surface area contributed by atoms with Gasteiger partial charge in [0.15, 0.2) is 5.96 Å². The van der Waals surface area contributed by atoms with Crippen LogP contribution < -0.4 is 21.1 Å². The third kappa shape index (κ3) is 6.41. The van der Waals surface area contributed by atoms with Crippen molar-refractivity contribution in [1.82, 2.24) is 5.32 Å². The second-order valence-electron chi connectivity index (χ2n) is 3.62. The third-order valence-electron chi connectivity index (χ3n) is 2.21. The number of amides is 1. The average Bonchev–Trinajstić information content (AvgIpc) is 2.43. The number of nitrogens with zero attached hydrogens (tertiary/aromatic N) is 1. The smallest absolute Gasteiger partial charge is 0.242 e. The van der Waals surface area contributed by atoms with Gasteiger partial charge in [0.1, 0.15) is 12.3 Å². The maximum Gasteiger partial charge on any atom is 0.242 e. The Morgan fingerprint density at radius 3 is 2.85 bits per heavy atom. The molecule has 0 aliphatic heterocycles. The van der Waals surface area contributed by atoms with Gasteiger partial charge in [0, 0.05) is 6.54 Å². The maximum absolute atomic E-state index is 11.3. The Kier molecular flexibility index (Phi) is 9.18. The van der Waals surface area contributed by atoms with Gasteiger partial charge in [-0.05, 0) is 12.1 Å². The molecule has 6 nitrogen and oxygen atoms in total. The summed E-state index contributed by atoms with van der Waals surface area (Å²) in [6.45, 7) is 3.87. The molecule has 0 heterocycles. The summed E-state index contributed by atoms with van der Waals surface area (Å²) in [5.74, 6) is 0.583. The molecule has 0 radical (unpaired) electrons. The Balaban J connectivity index is 0.00000361. The summed E-state index contributed by atoms with van der Waals surface area (Å²) >= 11 is 0. The fourth-order valence-corrected chi connectivity index (χ4v) is 1.32. The zero-order chi connectivity index (χ0) is 14.1. The molecule has 0 saturated carbocycles. The van der Waals surface area contributed by atoms with Crippen molar-refractivity contribution in [1.29, 1.82) is 0 Å². The van der Waals surface area contributed by atoms with Gasteiger partial charge in [-0.1, -0.05) is 18.2 Å². The number of hydrogen-bond donors (Lipinski definition) is 3. The molecule has 0 spiro atoms. The number of benzene rings is 1. The molecular formula is C13H19IN4O2. The minimum atomic E-state index is -0.218. The molecule has 0 unspecified atom stereocenters. The highest BCUT2D eigenvalue weighted by atomic mass is 127. The van der Waals surface area contributed by atoms with Crippen molar-refractivity contribution in [2.75, 3.05) is 25.5 Å². The van der Waals surface area contributed by atoms with Crippen LogP contribution >= 0.6 is 24.0 Å². The van der Waals surface area contributed by atoms with E-state index in [2.05, 4.69) is 22.2 Å². The molecule has 7 heteroatoms. The van der Waals surface area contributed by atoms with Gasteiger partial charge in [-0.15, -0.1) is 30.6 Å². The molecule has 0 aromatic heterocycles. The fraction of sp³-hybridized carbons (Fsp3) is 0.231. The predicted molar refractivity (Wildman–Crippen MR) is 91.7 cm³/mol. The molecule has 1 rings (SSSR count). The molecule has 20 heavy (non-hydrogen) atoms. The topological polar surface area (TPSA) is 88.7 Å². The zero-order valence-electron chi connectivity index (χ0n) is 11.3. The van der Waals surface area contributed by atoms with Crippen LogP contribution in [0.4, 0.5) is 5.69 Å². The first-order valence-electron chi connectivity index (χ1n) is 5.75. The molecule has 1 aromatic rings. The van der Waals surface area contributed by atoms with Crippen LogP contribution in [0.3, 0.4) is 0 Å². The summed E-state index contributed by atoms with van der Waals surface area (Å²) in [4.78, 5) is 15.2. The van der Waals surface area contributed by atoms with E-state index in [-0.39, 0.29) is 42.4 Å². The number of para-hydroxylation sites is 2. The van der Waals surface area contributed by atoms with Gasteiger partial charge in [0.25, 0.3) is 0 Å². The number of nitrogens with one attached hydrogen (secondary N) is 2. The summed E-state index contributed by atoms with van der Waals surface area (Å²) in [5, 5.41) is 5.48. The number of hydrogen-bond acceptors (Lipinski definition) is 3. The molecule has 110 valence electrons. The Labute approximate surface area is 135 Å². The van der Waals surface area contributed by atoms with Crippen molar-refractivity contribution in [3.63, 3.8) is 0 Å². The van der Waals surface area contributed by atoms with Crippen LogP contribution in [-0.2, 0) is 4.79 Å². The molecule has 0 fully saturated rings. The SMILES string of the molecule is C=CCNC(=O)CN=C(N)Nc1ccccc1OC.I. The summed E-state index contributed by atoms with van der Waals surface area (Å²) in [6.07, 6.45) is 1.60. The van der Waals surface area contributed by atoms with Gasteiger partial charge in [-0.2, -0.15) is 0 Å². The van der Waals surface area contributed by atoms with E-state index in [4.69, 9.17) is 10.5 Å². The maximum atomic E-state index is 11.3. The second kappa shape index (κ2) is 10.1. The van der Waals surface area contributed by atoms with Gasteiger partial charge in [0.2, 0.25) is 5.91 Å². The number of anilines is 1. The van der Waals surface area contributed by atoms with Gasteiger partial charge in [-0.25, -0.2) is 4.99 Å². The number of aliphatic imine (C=N–C) groups is 1. The first-order chi connectivity index (χ1) is 9.17. The lowest BCUT2D eigenvalue weighted by Gasteiger charge is -2.09. The van der Waals surface area contributed by atoms with Gasteiger partial charge >= 0.3 is 0 Å². The van der Waals surface area contributed by atoms with Gasteiger partial charge < -0.3 is 21.1 Å². The molecule has 0 aliphatic rings. The average molecular weight is 390 g/mol. The van der Waals surface area contributed by atoms with Crippen LogP contribution in [0.2, 0.25) is 0 Å². The highest BCUT2D eigenvalue weighted by molar-refractivity contribution is 14.0. The van der Waals surface area contributed by atoms with Crippen LogP contribution in [0, 0.1) is 0 Å². The number of carbonyl (C=O) groups is 1. The molecular weight excluding hydrogens is 371 g/mol. The van der Waals surface area contributed by atoms with Crippen LogP contribution in [0.15, 0.2) is 41.9 Å². The number of rotatable bonds is 6. The summed E-state index contributed by atoms with van der Waals surface area (Å²) in [5.41, 5.74) is 6.38. The quantitative estimate of drug-likeness (QED) is 0.296. The number of guanidine groups is 1. The number of methoxy groups -OCH3 is 1. The van der Waals surface area contributed by atoms with Crippen LogP contribution in [0.25, 0.3) is 0 Å². The van der Waals surface area contributed by atoms with Crippen LogP contribution in [-0.4, -0.2) is 32.1 Å². The largest absolute Gasteiger partial charge is 0.495 e. The number of ether oxygens (including phenoxy) is 1. The van der Waals surface area contributed by atoms with Crippen molar-refractivity contribution < 1.29 is 9.53 Å². The molecule has 0 atom stereocenters. The highest BCUT2D eigenvalue weighted by Crippen LogP contribution is 2.22. The number of nitrogens with two attached hydrogens (primary N) is 1. The second-order valence-corrected chi connectivity index (χ2v) is 3.62. The Morgan fingerprint density at radius 1 is 1.50 bits per heavy atom. The number of halogens is 1. The minimum Gasteiger partial charge on any atom is -0.495 e. The lowest BCUT2D eigenvalue weighted by Crippen LogP contribution is -2.29. The fourth-order valence-electron chi connectivity index (χ4n) is 1.32. The summed E-state index contributed by atoms with van der Waals surface area (Å²) in [7, 11) is 1.57. The third-order valence-corrected chi connectivity index (χ3v) is 2.21. The molecule has 1 amide bonds. The van der Waals surface area contributed by atoms with E-state index in [0.29, 0.717) is 18.0 Å². The molecule has 0 aliphatic carbocycles. The van der Waals surface area contributed by atoms with Crippen molar-refractivity contribution in [2.45, 2.75) is 0 Å². The van der Waals surface area contributed by atoms with E-state index >= 15 is 0 Å². The zero-order valence-corrected chi connectivity index (χ0v) is 13.6. The minimum absolute atomic E-state index is 0. The number of carbonyl (C=O) groups excluding carboxylic acids is 1. The van der Waals surface area contributed by atoms with Gasteiger partial charge in [0.05, 0.1) is 12.8 Å². The van der Waals surface area contributed by atoms with Crippen molar-refractivity contribution >= 4 is 41.5 Å². The molecule has 4 N–H and O–H groups in total. The van der Waals surface area contributed by atoms with Crippen molar-refractivity contribution in [3.05, 3.63) is 36.9 Å². The Morgan fingerprint density at radius 2 is 2.20 bits per heavy atom. The normalized spacial score (nSPS) is 10.2. The molecule has 0 saturated heterocycles. The highest BCUT2D eigenvalue weighted by Gasteiger charge is 2.03. The van der Waals surface area contributed by atoms with E-state index in [0.717, 1.165) is 0 Å². The van der Waals surface area contributed by atoms with Gasteiger partial charge in [-0.3, -0.25) is 4.79 Å². The van der Waals surface area contributed by atoms with E-state index < -0.39 is 0 Å². The first-order valence-corrected chi connectivity index (χ1v) is 5.75. The van der Waals surface area contributed by atoms with Crippen LogP contribution in [0.1, 0.15) is 0 Å². The summed E-state index contributed by atoms with van der Waals surface area (Å²) < 4.78 is 5.16. The van der Waals surface area contributed by atoms with E-state index in [1.54, 1.807) is 25.3 Å².